The van der Waals surface area contributed by atoms with Gasteiger partial charge in [0.1, 0.15) is 0 Å². The average Bonchev–Trinajstić information content (AvgIpc) is 2.32. The van der Waals surface area contributed by atoms with Crippen LogP contribution in [0.3, 0.4) is 0 Å². The van der Waals surface area contributed by atoms with Crippen molar-refractivity contribution in [2.45, 2.75) is 70.8 Å². The third-order valence-corrected chi connectivity index (χ3v) is 5.36. The second kappa shape index (κ2) is 4.34. The van der Waals surface area contributed by atoms with E-state index in [1.54, 1.807) is 16.7 Å². The van der Waals surface area contributed by atoms with E-state index in [4.69, 9.17) is 0 Å². The van der Waals surface area contributed by atoms with Crippen molar-refractivity contribution in [1.82, 2.24) is 4.90 Å². The van der Waals surface area contributed by atoms with E-state index >= 15 is 0 Å². The normalized spacial score (nSPS) is 25.4. The first-order chi connectivity index (χ1) is 9.18. The average molecular weight is 271 g/mol. The van der Waals surface area contributed by atoms with E-state index in [0.717, 1.165) is 12.5 Å². The molecule has 110 valence electrons. The zero-order chi connectivity index (χ0) is 14.7. The van der Waals surface area contributed by atoms with Crippen LogP contribution in [0.5, 0.6) is 0 Å². The SMILES string of the molecule is CN1Cc2cc(C(C)(C)C)cc3c2[C@H](CCC3(C)C)C1. The Labute approximate surface area is 124 Å². The van der Waals surface area contributed by atoms with Gasteiger partial charge in [-0.15, -0.1) is 0 Å². The Morgan fingerprint density at radius 1 is 1.20 bits per heavy atom. The van der Waals surface area contributed by atoms with Crippen molar-refractivity contribution in [3.8, 4) is 0 Å². The predicted octanol–water partition coefficient (Wildman–Crippen LogP) is 4.58. The lowest BCUT2D eigenvalue weighted by Crippen LogP contribution is -2.37. The van der Waals surface area contributed by atoms with Crippen LogP contribution in [0.1, 0.15) is 75.6 Å². The predicted molar refractivity (Wildman–Crippen MR) is 86.5 cm³/mol. The molecule has 1 heteroatoms. The lowest BCUT2D eigenvalue weighted by molar-refractivity contribution is 0.248. The van der Waals surface area contributed by atoms with Gasteiger partial charge in [-0.25, -0.2) is 0 Å². The Kier molecular flexibility index (Phi) is 3.06. The van der Waals surface area contributed by atoms with Gasteiger partial charge >= 0.3 is 0 Å². The van der Waals surface area contributed by atoms with Crippen molar-refractivity contribution in [1.29, 1.82) is 0 Å². The summed E-state index contributed by atoms with van der Waals surface area (Å²) in [6, 6.07) is 5.01. The molecule has 0 saturated carbocycles. The van der Waals surface area contributed by atoms with Gasteiger partial charge in [-0.05, 0) is 58.9 Å². The van der Waals surface area contributed by atoms with Crippen LogP contribution in [0.25, 0.3) is 0 Å². The molecule has 0 amide bonds. The minimum atomic E-state index is 0.241. The first-order valence-corrected chi connectivity index (χ1v) is 8.05. The summed E-state index contributed by atoms with van der Waals surface area (Å²) in [5, 5.41) is 0. The molecule has 0 saturated heterocycles. The van der Waals surface area contributed by atoms with E-state index < -0.39 is 0 Å². The van der Waals surface area contributed by atoms with Crippen LogP contribution in [0.15, 0.2) is 12.1 Å². The highest BCUT2D eigenvalue weighted by atomic mass is 15.1. The molecule has 0 fully saturated rings. The van der Waals surface area contributed by atoms with Gasteiger partial charge in [-0.1, -0.05) is 46.8 Å². The van der Waals surface area contributed by atoms with Crippen molar-refractivity contribution in [2.24, 2.45) is 0 Å². The topological polar surface area (TPSA) is 3.24 Å². The fourth-order valence-electron chi connectivity index (χ4n) is 4.05. The molecular weight excluding hydrogens is 242 g/mol. The zero-order valence-electron chi connectivity index (χ0n) is 14.0. The molecule has 1 atom stereocenters. The number of hydrogen-bond donors (Lipinski definition) is 0. The highest BCUT2D eigenvalue weighted by molar-refractivity contribution is 5.49. The van der Waals surface area contributed by atoms with E-state index in [9.17, 15) is 0 Å². The van der Waals surface area contributed by atoms with Crippen LogP contribution in [0.4, 0.5) is 0 Å². The lowest BCUT2D eigenvalue weighted by Gasteiger charge is -2.44. The number of nitrogens with zero attached hydrogens (tertiary/aromatic N) is 1. The maximum atomic E-state index is 2.52. The Balaban J connectivity index is 2.23. The Morgan fingerprint density at radius 3 is 2.55 bits per heavy atom. The van der Waals surface area contributed by atoms with E-state index in [2.05, 4.69) is 58.7 Å². The number of hydrogen-bond acceptors (Lipinski definition) is 1. The summed E-state index contributed by atoms with van der Waals surface area (Å²) in [4.78, 5) is 2.50. The third-order valence-electron chi connectivity index (χ3n) is 5.36. The minimum absolute atomic E-state index is 0.241. The second-order valence-electron chi connectivity index (χ2n) is 8.66. The summed E-state index contributed by atoms with van der Waals surface area (Å²) in [5.41, 5.74) is 7.04. The van der Waals surface area contributed by atoms with Gasteiger partial charge in [0.05, 0.1) is 0 Å². The smallest absolute Gasteiger partial charge is 0.0233 e. The van der Waals surface area contributed by atoms with Gasteiger partial charge in [0.25, 0.3) is 0 Å². The molecular formula is C19H29N. The van der Waals surface area contributed by atoms with Crippen molar-refractivity contribution in [3.05, 3.63) is 34.4 Å². The van der Waals surface area contributed by atoms with Gasteiger partial charge < -0.3 is 4.90 Å². The number of rotatable bonds is 0. The quantitative estimate of drug-likeness (QED) is 0.667. The molecule has 0 unspecified atom stereocenters. The lowest BCUT2D eigenvalue weighted by atomic mass is 9.65. The van der Waals surface area contributed by atoms with Crippen molar-refractivity contribution in [2.75, 3.05) is 13.6 Å². The molecule has 1 nitrogen and oxygen atoms in total. The molecule has 1 heterocycles. The third kappa shape index (κ3) is 2.20. The first kappa shape index (κ1) is 14.1. The molecule has 1 aliphatic heterocycles. The molecule has 0 spiro atoms. The maximum Gasteiger partial charge on any atom is 0.0233 e. The molecule has 0 N–H and O–H groups in total. The molecule has 3 rings (SSSR count). The molecule has 1 aromatic rings. The Morgan fingerprint density at radius 2 is 1.90 bits per heavy atom. The molecule has 0 aromatic heterocycles. The minimum Gasteiger partial charge on any atom is -0.301 e. The van der Waals surface area contributed by atoms with Gasteiger partial charge in [0, 0.05) is 13.1 Å². The summed E-state index contributed by atoms with van der Waals surface area (Å²) < 4.78 is 0. The van der Waals surface area contributed by atoms with E-state index in [0.29, 0.717) is 5.41 Å². The summed E-state index contributed by atoms with van der Waals surface area (Å²) in [5.74, 6) is 0.765. The van der Waals surface area contributed by atoms with Crippen LogP contribution in [-0.2, 0) is 17.4 Å². The Hall–Kier alpha value is -0.820. The van der Waals surface area contributed by atoms with Crippen LogP contribution >= 0.6 is 0 Å². The molecule has 20 heavy (non-hydrogen) atoms. The molecule has 0 bridgehead atoms. The highest BCUT2D eigenvalue weighted by Crippen LogP contribution is 2.47. The van der Waals surface area contributed by atoms with Gasteiger partial charge in [0.2, 0.25) is 0 Å². The van der Waals surface area contributed by atoms with E-state index in [1.807, 2.05) is 0 Å². The zero-order valence-corrected chi connectivity index (χ0v) is 14.0. The van der Waals surface area contributed by atoms with E-state index in [-0.39, 0.29) is 5.41 Å². The Bertz CT molecular complexity index is 533. The maximum absolute atomic E-state index is 2.52. The molecule has 0 radical (unpaired) electrons. The molecule has 1 aliphatic carbocycles. The standard InChI is InChI=1S/C19H29N/c1-18(2,3)15-9-14-12-20(6)11-13-7-8-19(4,5)16(10-15)17(13)14/h9-10,13H,7-8,11-12H2,1-6H3/t13-/m1/s1. The van der Waals surface area contributed by atoms with Gasteiger partial charge in [-0.3, -0.25) is 0 Å². The van der Waals surface area contributed by atoms with Gasteiger partial charge in [-0.2, -0.15) is 0 Å². The fourth-order valence-corrected chi connectivity index (χ4v) is 4.05. The van der Waals surface area contributed by atoms with Crippen LogP contribution in [0.2, 0.25) is 0 Å². The summed E-state index contributed by atoms with van der Waals surface area (Å²) in [6.07, 6.45) is 2.68. The molecule has 1 aromatic carbocycles. The summed E-state index contributed by atoms with van der Waals surface area (Å²) in [7, 11) is 2.27. The van der Waals surface area contributed by atoms with Crippen molar-refractivity contribution in [3.63, 3.8) is 0 Å². The van der Waals surface area contributed by atoms with Crippen LogP contribution < -0.4 is 0 Å². The fraction of sp³-hybridized carbons (Fsp3) is 0.684. The van der Waals surface area contributed by atoms with Crippen LogP contribution in [0, 0.1) is 0 Å². The first-order valence-electron chi connectivity index (χ1n) is 8.05. The van der Waals surface area contributed by atoms with Crippen molar-refractivity contribution < 1.29 is 0 Å². The van der Waals surface area contributed by atoms with Crippen LogP contribution in [-0.4, -0.2) is 18.5 Å². The summed E-state index contributed by atoms with van der Waals surface area (Å²) >= 11 is 0. The number of likely N-dealkylation sites (N-methyl/N-ethyl adjacent to an activating group) is 1. The summed E-state index contributed by atoms with van der Waals surface area (Å²) in [6.45, 7) is 14.2. The highest BCUT2D eigenvalue weighted by Gasteiger charge is 2.37. The van der Waals surface area contributed by atoms with E-state index in [1.165, 1.54) is 24.9 Å². The van der Waals surface area contributed by atoms with Crippen molar-refractivity contribution >= 4 is 0 Å². The number of benzene rings is 1. The molecule has 2 aliphatic rings. The second-order valence-corrected chi connectivity index (χ2v) is 8.66. The van der Waals surface area contributed by atoms with Gasteiger partial charge in [0.15, 0.2) is 0 Å². The monoisotopic (exact) mass is 271 g/mol. The largest absolute Gasteiger partial charge is 0.301 e.